The van der Waals surface area contributed by atoms with Gasteiger partial charge in [0.1, 0.15) is 11.5 Å². The van der Waals surface area contributed by atoms with Gasteiger partial charge in [-0.15, -0.1) is 16.3 Å². The normalized spacial score (nSPS) is 20.2. The van der Waals surface area contributed by atoms with E-state index in [1.807, 2.05) is 57.9 Å². The Balaban J connectivity index is 1.89. The van der Waals surface area contributed by atoms with Gasteiger partial charge in [0, 0.05) is 5.88 Å². The van der Waals surface area contributed by atoms with Gasteiger partial charge in [0.2, 0.25) is 7.94 Å². The highest BCUT2D eigenvalue weighted by Gasteiger charge is 2.48. The lowest BCUT2D eigenvalue weighted by molar-refractivity contribution is -0.178. The van der Waals surface area contributed by atoms with E-state index >= 15 is 0 Å². The largest absolute Gasteiger partial charge is 0.627 e. The van der Waals surface area contributed by atoms with E-state index in [0.717, 1.165) is 22.9 Å². The van der Waals surface area contributed by atoms with Crippen molar-refractivity contribution < 1.29 is 14.4 Å². The van der Waals surface area contributed by atoms with Gasteiger partial charge in [-0.1, -0.05) is 0 Å². The molecule has 3 rings (SSSR count). The number of hydrogen-bond donors (Lipinski definition) is 1. The molecule has 140 valence electrons. The van der Waals surface area contributed by atoms with E-state index in [1.54, 1.807) is 14.2 Å². The quantitative estimate of drug-likeness (QED) is 0.574. The summed E-state index contributed by atoms with van der Waals surface area (Å²) in [6.07, 6.45) is 0. The SMILES string of the molecule is COc1ccc(N[P+]2([O-])N(CCCl)CCN2c2ccc(OC)cc2)cc1. The molecule has 1 N–H and O–H groups in total. The highest BCUT2D eigenvalue weighted by molar-refractivity contribution is 7.70. The molecule has 0 aromatic heterocycles. The van der Waals surface area contributed by atoms with E-state index in [9.17, 15) is 4.89 Å². The summed E-state index contributed by atoms with van der Waals surface area (Å²) >= 11 is 5.94. The number of halogens is 1. The first-order chi connectivity index (χ1) is 12.6. The van der Waals surface area contributed by atoms with Gasteiger partial charge in [-0.2, -0.15) is 0 Å². The van der Waals surface area contributed by atoms with Crippen molar-refractivity contribution in [2.45, 2.75) is 0 Å². The summed E-state index contributed by atoms with van der Waals surface area (Å²) in [6.45, 7) is 1.89. The topological polar surface area (TPSA) is 60.0 Å². The lowest BCUT2D eigenvalue weighted by Gasteiger charge is -2.39. The van der Waals surface area contributed by atoms with Crippen LogP contribution in [-0.2, 0) is 0 Å². The Labute approximate surface area is 159 Å². The molecule has 1 aliphatic rings. The monoisotopic (exact) mass is 395 g/mol. The molecule has 0 bridgehead atoms. The van der Waals surface area contributed by atoms with Crippen molar-refractivity contribution >= 4 is 30.9 Å². The Morgan fingerprint density at radius 3 is 2.12 bits per heavy atom. The van der Waals surface area contributed by atoms with E-state index in [2.05, 4.69) is 5.09 Å². The Bertz CT molecular complexity index is 717. The molecule has 1 heterocycles. The second-order valence-corrected chi connectivity index (χ2v) is 8.59. The van der Waals surface area contributed by atoms with Gasteiger partial charge in [0.05, 0.1) is 45.2 Å². The molecule has 1 unspecified atom stereocenters. The lowest BCUT2D eigenvalue weighted by Crippen LogP contribution is -2.39. The number of methoxy groups -OCH3 is 2. The predicted octanol–water partition coefficient (Wildman–Crippen LogP) is 3.21. The van der Waals surface area contributed by atoms with Crippen LogP contribution in [0.4, 0.5) is 11.4 Å². The molecule has 0 radical (unpaired) electrons. The van der Waals surface area contributed by atoms with Crippen LogP contribution in [-0.4, -0.2) is 44.4 Å². The van der Waals surface area contributed by atoms with Gasteiger partial charge in [-0.3, -0.25) is 0 Å². The third-order valence-electron chi connectivity index (χ3n) is 4.36. The van der Waals surface area contributed by atoms with Crippen LogP contribution in [0, 0.1) is 0 Å². The lowest BCUT2D eigenvalue weighted by atomic mass is 10.3. The zero-order valence-corrected chi connectivity index (χ0v) is 16.5. The van der Waals surface area contributed by atoms with Gasteiger partial charge in [0.15, 0.2) is 0 Å². The number of ether oxygens (including phenoxy) is 2. The number of nitrogens with zero attached hydrogens (tertiary/aromatic N) is 2. The van der Waals surface area contributed by atoms with E-state index in [4.69, 9.17) is 21.1 Å². The van der Waals surface area contributed by atoms with Crippen LogP contribution in [0.1, 0.15) is 0 Å². The Morgan fingerprint density at radius 2 is 1.58 bits per heavy atom. The van der Waals surface area contributed by atoms with E-state index in [1.165, 1.54) is 0 Å². The number of nitrogens with one attached hydrogen (secondary N) is 1. The van der Waals surface area contributed by atoms with Crippen LogP contribution >= 0.6 is 19.5 Å². The molecule has 1 aliphatic heterocycles. The minimum atomic E-state index is -3.05. The molecule has 26 heavy (non-hydrogen) atoms. The van der Waals surface area contributed by atoms with Crippen molar-refractivity contribution in [2.24, 2.45) is 0 Å². The van der Waals surface area contributed by atoms with Crippen LogP contribution in [0.2, 0.25) is 0 Å². The molecule has 2 aromatic rings. The van der Waals surface area contributed by atoms with Gasteiger partial charge in [0.25, 0.3) is 0 Å². The van der Waals surface area contributed by atoms with Crippen molar-refractivity contribution in [1.29, 1.82) is 0 Å². The second kappa shape index (κ2) is 8.31. The Morgan fingerprint density at radius 1 is 1.00 bits per heavy atom. The fourth-order valence-electron chi connectivity index (χ4n) is 2.98. The highest BCUT2D eigenvalue weighted by atomic mass is 35.5. The Kier molecular flexibility index (Phi) is 6.09. The summed E-state index contributed by atoms with van der Waals surface area (Å²) in [6, 6.07) is 15.0. The van der Waals surface area contributed by atoms with Crippen molar-refractivity contribution in [3.05, 3.63) is 48.5 Å². The maximum absolute atomic E-state index is 14.0. The van der Waals surface area contributed by atoms with Crippen LogP contribution in [0.5, 0.6) is 11.5 Å². The van der Waals surface area contributed by atoms with Gasteiger partial charge in [-0.05, 0) is 48.5 Å². The molecule has 0 spiro atoms. The van der Waals surface area contributed by atoms with Crippen molar-refractivity contribution in [1.82, 2.24) is 4.67 Å². The minimum absolute atomic E-state index is 0.421. The Hall–Kier alpha value is -1.72. The smallest absolute Gasteiger partial charge is 0.231 e. The molecule has 1 saturated heterocycles. The number of hydrogen-bond acceptors (Lipinski definition) is 6. The van der Waals surface area contributed by atoms with E-state index in [0.29, 0.717) is 25.5 Å². The average Bonchev–Trinajstić information content (AvgIpc) is 2.99. The molecule has 8 heteroatoms. The summed E-state index contributed by atoms with van der Waals surface area (Å²) < 4.78 is 14.3. The molecule has 0 saturated carbocycles. The molecule has 1 atom stereocenters. The van der Waals surface area contributed by atoms with Gasteiger partial charge in [-0.25, -0.2) is 9.76 Å². The van der Waals surface area contributed by atoms with Crippen LogP contribution in [0.25, 0.3) is 0 Å². The molecule has 0 aliphatic carbocycles. The molecule has 2 aromatic carbocycles. The first-order valence-electron chi connectivity index (χ1n) is 8.36. The molecule has 6 nitrogen and oxygen atoms in total. The maximum Gasteiger partial charge on any atom is 0.231 e. The van der Waals surface area contributed by atoms with Crippen LogP contribution < -0.4 is 24.1 Å². The number of alkyl halides is 1. The summed E-state index contributed by atoms with van der Waals surface area (Å²) in [4.78, 5) is 14.0. The van der Waals surface area contributed by atoms with Crippen molar-refractivity contribution in [3.63, 3.8) is 0 Å². The first-order valence-corrected chi connectivity index (χ1v) is 10.5. The number of rotatable bonds is 7. The number of anilines is 2. The summed E-state index contributed by atoms with van der Waals surface area (Å²) in [7, 11) is 0.201. The first kappa shape index (κ1) is 19.1. The molecular formula is C18H23ClN3O3P. The van der Waals surface area contributed by atoms with Gasteiger partial charge >= 0.3 is 0 Å². The van der Waals surface area contributed by atoms with E-state index in [-0.39, 0.29) is 0 Å². The second-order valence-electron chi connectivity index (χ2n) is 5.85. The third-order valence-corrected chi connectivity index (χ3v) is 7.33. The molecular weight excluding hydrogens is 373 g/mol. The summed E-state index contributed by atoms with van der Waals surface area (Å²) in [5.41, 5.74) is 1.65. The van der Waals surface area contributed by atoms with Gasteiger partial charge < -0.3 is 14.4 Å². The zero-order chi connectivity index (χ0) is 18.6. The maximum atomic E-state index is 14.0. The predicted molar refractivity (Wildman–Crippen MR) is 106 cm³/mol. The van der Waals surface area contributed by atoms with E-state index < -0.39 is 7.94 Å². The fourth-order valence-corrected chi connectivity index (χ4v) is 5.90. The average molecular weight is 396 g/mol. The summed E-state index contributed by atoms with van der Waals surface area (Å²) in [5, 5.41) is 3.24. The number of benzene rings is 2. The van der Waals surface area contributed by atoms with Crippen molar-refractivity contribution in [2.75, 3.05) is 49.5 Å². The zero-order valence-electron chi connectivity index (χ0n) is 14.9. The highest BCUT2D eigenvalue weighted by Crippen LogP contribution is 2.61. The minimum Gasteiger partial charge on any atom is -0.627 e. The summed E-state index contributed by atoms with van der Waals surface area (Å²) in [5.74, 6) is 1.94. The third kappa shape index (κ3) is 3.84. The van der Waals surface area contributed by atoms with Crippen LogP contribution in [0.3, 0.4) is 0 Å². The molecule has 1 fully saturated rings. The van der Waals surface area contributed by atoms with Crippen molar-refractivity contribution in [3.8, 4) is 11.5 Å². The van der Waals surface area contributed by atoms with Crippen LogP contribution in [0.15, 0.2) is 48.5 Å². The standard InChI is InChI=1S/C18H23ClN3O3P/c1-24-17-7-3-15(4-8-17)20-26(23)21(12-11-19)13-14-22(26)16-5-9-18(25-2)10-6-16/h3-10H,11-14H2,1-2H3,(H,20,23). The fraction of sp³-hybridized carbons (Fsp3) is 0.333. The molecule has 0 amide bonds.